The Bertz CT molecular complexity index is 472. The average molecular weight is 366 g/mol. The highest BCUT2D eigenvalue weighted by Gasteiger charge is 2.31. The lowest BCUT2D eigenvalue weighted by atomic mass is 9.95. The van der Waals surface area contributed by atoms with Gasteiger partial charge in [0.2, 0.25) is 5.91 Å². The van der Waals surface area contributed by atoms with E-state index in [1.165, 1.54) is 12.1 Å². The standard InChI is InChI=1S/C14H18BrFN2O.ClH/c15-13-6-11(16)5-4-10(13)8-18-14(19)12-3-1-2-9(12)7-17;/h4-6,9,12H,1-3,7-8,17H2,(H,18,19);1H/t9-,12-;/m1./s1. The number of hydrogen-bond acceptors (Lipinski definition) is 2. The number of rotatable bonds is 4. The van der Waals surface area contributed by atoms with E-state index in [4.69, 9.17) is 5.73 Å². The lowest BCUT2D eigenvalue weighted by Gasteiger charge is -2.17. The molecule has 20 heavy (non-hydrogen) atoms. The maximum absolute atomic E-state index is 13.0. The molecule has 1 aromatic rings. The highest BCUT2D eigenvalue weighted by molar-refractivity contribution is 9.10. The van der Waals surface area contributed by atoms with Crippen LogP contribution in [-0.4, -0.2) is 12.5 Å². The van der Waals surface area contributed by atoms with Crippen LogP contribution in [0, 0.1) is 17.7 Å². The zero-order valence-electron chi connectivity index (χ0n) is 11.1. The van der Waals surface area contributed by atoms with E-state index in [1.54, 1.807) is 6.07 Å². The lowest BCUT2D eigenvalue weighted by molar-refractivity contribution is -0.126. The summed E-state index contributed by atoms with van der Waals surface area (Å²) in [5, 5.41) is 2.92. The molecule has 6 heteroatoms. The van der Waals surface area contributed by atoms with Crippen LogP contribution in [0.15, 0.2) is 22.7 Å². The van der Waals surface area contributed by atoms with E-state index < -0.39 is 0 Å². The van der Waals surface area contributed by atoms with Gasteiger partial charge in [0.1, 0.15) is 5.82 Å². The molecule has 2 atom stereocenters. The molecule has 3 N–H and O–H groups in total. The summed E-state index contributed by atoms with van der Waals surface area (Å²) in [6.07, 6.45) is 3.02. The van der Waals surface area contributed by atoms with Crippen LogP contribution in [0.2, 0.25) is 0 Å². The summed E-state index contributed by atoms with van der Waals surface area (Å²) in [6, 6.07) is 4.47. The summed E-state index contributed by atoms with van der Waals surface area (Å²) in [5.41, 5.74) is 6.55. The number of carbonyl (C=O) groups excluding carboxylic acids is 1. The second kappa shape index (κ2) is 7.96. The first-order valence-corrected chi connectivity index (χ1v) is 7.33. The molecule has 0 heterocycles. The Morgan fingerprint density at radius 1 is 1.45 bits per heavy atom. The SMILES string of the molecule is Cl.NC[C@H]1CCC[C@H]1C(=O)NCc1ccc(F)cc1Br. The van der Waals surface area contributed by atoms with Gasteiger partial charge in [0, 0.05) is 16.9 Å². The topological polar surface area (TPSA) is 55.1 Å². The van der Waals surface area contributed by atoms with Gasteiger partial charge in [-0.2, -0.15) is 0 Å². The van der Waals surface area contributed by atoms with Gasteiger partial charge >= 0.3 is 0 Å². The van der Waals surface area contributed by atoms with Gasteiger partial charge in [-0.3, -0.25) is 4.79 Å². The number of carbonyl (C=O) groups is 1. The number of hydrogen-bond donors (Lipinski definition) is 2. The highest BCUT2D eigenvalue weighted by Crippen LogP contribution is 2.31. The molecule has 0 saturated heterocycles. The molecule has 0 aliphatic heterocycles. The van der Waals surface area contributed by atoms with Gasteiger partial charge in [-0.05, 0) is 43.0 Å². The third kappa shape index (κ3) is 4.17. The van der Waals surface area contributed by atoms with Gasteiger partial charge in [-0.25, -0.2) is 4.39 Å². The van der Waals surface area contributed by atoms with Crippen molar-refractivity contribution in [2.24, 2.45) is 17.6 Å². The molecule has 0 bridgehead atoms. The quantitative estimate of drug-likeness (QED) is 0.862. The highest BCUT2D eigenvalue weighted by atomic mass is 79.9. The van der Waals surface area contributed by atoms with Gasteiger partial charge in [0.15, 0.2) is 0 Å². The van der Waals surface area contributed by atoms with Crippen LogP contribution in [0.25, 0.3) is 0 Å². The van der Waals surface area contributed by atoms with Gasteiger partial charge in [-0.15, -0.1) is 12.4 Å². The monoisotopic (exact) mass is 364 g/mol. The largest absolute Gasteiger partial charge is 0.352 e. The zero-order valence-corrected chi connectivity index (χ0v) is 13.5. The number of benzene rings is 1. The third-order valence-corrected chi connectivity index (χ3v) is 4.50. The fraction of sp³-hybridized carbons (Fsp3) is 0.500. The van der Waals surface area contributed by atoms with Crippen LogP contribution < -0.4 is 11.1 Å². The summed E-state index contributed by atoms with van der Waals surface area (Å²) < 4.78 is 13.6. The van der Waals surface area contributed by atoms with Gasteiger partial charge in [0.05, 0.1) is 0 Å². The van der Waals surface area contributed by atoms with Crippen molar-refractivity contribution < 1.29 is 9.18 Å². The number of nitrogens with two attached hydrogens (primary N) is 1. The Kier molecular flexibility index (Phi) is 6.92. The smallest absolute Gasteiger partial charge is 0.223 e. The summed E-state index contributed by atoms with van der Waals surface area (Å²) in [5.74, 6) is 0.103. The predicted octanol–water partition coefficient (Wildman–Crippen LogP) is 3.00. The molecule has 1 fully saturated rings. The van der Waals surface area contributed by atoms with Crippen LogP contribution in [0.1, 0.15) is 24.8 Å². The van der Waals surface area contributed by atoms with Gasteiger partial charge < -0.3 is 11.1 Å². The molecular weight excluding hydrogens is 347 g/mol. The minimum atomic E-state index is -0.291. The fourth-order valence-corrected chi connectivity index (χ4v) is 3.13. The first-order chi connectivity index (χ1) is 9.11. The molecule has 1 amide bonds. The number of halogens is 3. The first kappa shape index (κ1) is 17.4. The first-order valence-electron chi connectivity index (χ1n) is 6.53. The maximum atomic E-state index is 13.0. The van der Waals surface area contributed by atoms with Crippen LogP contribution in [0.4, 0.5) is 4.39 Å². The Morgan fingerprint density at radius 2 is 2.20 bits per heavy atom. The van der Waals surface area contributed by atoms with Gasteiger partial charge in [0.25, 0.3) is 0 Å². The van der Waals surface area contributed by atoms with E-state index >= 15 is 0 Å². The van der Waals surface area contributed by atoms with Crippen LogP contribution in [0.5, 0.6) is 0 Å². The molecular formula is C14H19BrClFN2O. The Morgan fingerprint density at radius 3 is 2.85 bits per heavy atom. The lowest BCUT2D eigenvalue weighted by Crippen LogP contribution is -2.34. The zero-order chi connectivity index (χ0) is 13.8. The van der Waals surface area contributed by atoms with Crippen molar-refractivity contribution in [2.75, 3.05) is 6.54 Å². The second-order valence-corrected chi connectivity index (χ2v) is 5.84. The molecule has 0 unspecified atom stereocenters. The Labute approximate surface area is 133 Å². The van der Waals surface area contributed by atoms with Crippen molar-refractivity contribution in [3.63, 3.8) is 0 Å². The molecule has 0 spiro atoms. The third-order valence-electron chi connectivity index (χ3n) is 3.77. The Hall–Kier alpha value is -0.650. The van der Waals surface area contributed by atoms with Crippen LogP contribution >= 0.6 is 28.3 Å². The summed E-state index contributed by atoms with van der Waals surface area (Å²) in [6.45, 7) is 0.978. The maximum Gasteiger partial charge on any atom is 0.223 e. The molecule has 0 aromatic heterocycles. The molecule has 1 aliphatic rings. The molecule has 1 aliphatic carbocycles. The van der Waals surface area contributed by atoms with Crippen molar-refractivity contribution in [3.8, 4) is 0 Å². The predicted molar refractivity (Wildman–Crippen MR) is 83.1 cm³/mol. The fourth-order valence-electron chi connectivity index (χ4n) is 2.64. The summed E-state index contributed by atoms with van der Waals surface area (Å²) in [4.78, 5) is 12.1. The number of amides is 1. The summed E-state index contributed by atoms with van der Waals surface area (Å²) in [7, 11) is 0. The van der Waals surface area contributed by atoms with E-state index in [9.17, 15) is 9.18 Å². The molecule has 2 rings (SSSR count). The molecule has 1 saturated carbocycles. The molecule has 0 radical (unpaired) electrons. The van der Waals surface area contributed by atoms with Crippen molar-refractivity contribution in [1.29, 1.82) is 0 Å². The van der Waals surface area contributed by atoms with Crippen molar-refractivity contribution in [3.05, 3.63) is 34.1 Å². The van der Waals surface area contributed by atoms with E-state index in [2.05, 4.69) is 21.2 Å². The van der Waals surface area contributed by atoms with E-state index in [0.717, 1.165) is 24.8 Å². The van der Waals surface area contributed by atoms with E-state index in [0.29, 0.717) is 23.5 Å². The van der Waals surface area contributed by atoms with Crippen molar-refractivity contribution in [1.82, 2.24) is 5.32 Å². The van der Waals surface area contributed by atoms with Crippen molar-refractivity contribution in [2.45, 2.75) is 25.8 Å². The van der Waals surface area contributed by atoms with Crippen LogP contribution in [0.3, 0.4) is 0 Å². The summed E-state index contributed by atoms with van der Waals surface area (Å²) >= 11 is 3.29. The van der Waals surface area contributed by atoms with Crippen molar-refractivity contribution >= 4 is 34.2 Å². The normalized spacial score (nSPS) is 21.4. The van der Waals surface area contributed by atoms with E-state index in [1.807, 2.05) is 0 Å². The van der Waals surface area contributed by atoms with E-state index in [-0.39, 0.29) is 30.0 Å². The second-order valence-electron chi connectivity index (χ2n) is 4.99. The Balaban J connectivity index is 0.00000200. The molecule has 112 valence electrons. The minimum Gasteiger partial charge on any atom is -0.352 e. The minimum absolute atomic E-state index is 0. The van der Waals surface area contributed by atoms with Crippen LogP contribution in [-0.2, 0) is 11.3 Å². The molecule has 3 nitrogen and oxygen atoms in total. The van der Waals surface area contributed by atoms with Gasteiger partial charge in [-0.1, -0.05) is 28.4 Å². The molecule has 1 aromatic carbocycles. The number of nitrogens with one attached hydrogen (secondary N) is 1. The average Bonchev–Trinajstić information content (AvgIpc) is 2.85.